The van der Waals surface area contributed by atoms with E-state index in [1.807, 2.05) is 13.8 Å². The van der Waals surface area contributed by atoms with Crippen molar-refractivity contribution in [1.82, 2.24) is 9.78 Å². The topological polar surface area (TPSA) is 56.2 Å². The van der Waals surface area contributed by atoms with E-state index < -0.39 is 6.61 Å². The first-order valence-corrected chi connectivity index (χ1v) is 8.12. The third kappa shape index (κ3) is 4.53. The van der Waals surface area contributed by atoms with Gasteiger partial charge < -0.3 is 10.1 Å². The van der Waals surface area contributed by atoms with Crippen molar-refractivity contribution in [3.63, 3.8) is 0 Å². The van der Waals surface area contributed by atoms with Crippen molar-refractivity contribution < 1.29 is 18.3 Å². The fourth-order valence-electron chi connectivity index (χ4n) is 2.24. The Morgan fingerprint density at radius 1 is 1.38 bits per heavy atom. The van der Waals surface area contributed by atoms with Gasteiger partial charge >= 0.3 is 6.61 Å². The summed E-state index contributed by atoms with van der Waals surface area (Å²) in [5.74, 6) is -0.353. The average Bonchev–Trinajstić information content (AvgIpc) is 2.74. The minimum absolute atomic E-state index is 0.0489. The van der Waals surface area contributed by atoms with Crippen LogP contribution < -0.4 is 10.1 Å². The van der Waals surface area contributed by atoms with Crippen LogP contribution in [0.15, 0.2) is 22.7 Å². The third-order valence-corrected chi connectivity index (χ3v) is 4.62. The SMILES string of the molecule is Cc1ccc(NC(=O)CCn2nc(C)c(Br)c2C)c(OC(F)F)c1. The number of nitrogens with zero attached hydrogens (tertiary/aromatic N) is 2. The number of nitrogens with one attached hydrogen (secondary N) is 1. The summed E-state index contributed by atoms with van der Waals surface area (Å²) in [6.07, 6.45) is 0.163. The first-order chi connectivity index (χ1) is 11.3. The molecule has 2 rings (SSSR count). The first-order valence-electron chi connectivity index (χ1n) is 7.32. The van der Waals surface area contributed by atoms with Crippen molar-refractivity contribution in [1.29, 1.82) is 0 Å². The molecule has 2 aromatic rings. The Bertz CT molecular complexity index is 747. The summed E-state index contributed by atoms with van der Waals surface area (Å²) in [6, 6.07) is 4.72. The molecular formula is C16H18BrF2N3O2. The maximum Gasteiger partial charge on any atom is 0.387 e. The summed E-state index contributed by atoms with van der Waals surface area (Å²) >= 11 is 3.43. The molecule has 0 saturated heterocycles. The number of rotatable bonds is 6. The molecule has 1 heterocycles. The van der Waals surface area contributed by atoms with Crippen LogP contribution in [-0.4, -0.2) is 22.3 Å². The molecule has 130 valence electrons. The molecular weight excluding hydrogens is 384 g/mol. The lowest BCUT2D eigenvalue weighted by molar-refractivity contribution is -0.116. The Morgan fingerprint density at radius 3 is 2.67 bits per heavy atom. The van der Waals surface area contributed by atoms with E-state index in [-0.39, 0.29) is 23.8 Å². The van der Waals surface area contributed by atoms with Gasteiger partial charge in [0.05, 0.1) is 22.4 Å². The molecule has 1 aromatic heterocycles. The number of hydrogen-bond donors (Lipinski definition) is 1. The molecule has 0 aliphatic heterocycles. The highest BCUT2D eigenvalue weighted by molar-refractivity contribution is 9.10. The van der Waals surface area contributed by atoms with Crippen LogP contribution in [0, 0.1) is 20.8 Å². The molecule has 0 saturated carbocycles. The molecule has 1 aromatic carbocycles. The van der Waals surface area contributed by atoms with E-state index in [0.29, 0.717) is 6.54 Å². The number of aromatic nitrogens is 2. The molecule has 0 spiro atoms. The highest BCUT2D eigenvalue weighted by Gasteiger charge is 2.14. The van der Waals surface area contributed by atoms with Gasteiger partial charge in [-0.15, -0.1) is 0 Å². The van der Waals surface area contributed by atoms with Crippen molar-refractivity contribution in [3.8, 4) is 5.75 Å². The molecule has 5 nitrogen and oxygen atoms in total. The molecule has 0 aliphatic rings. The number of anilines is 1. The number of carbonyl (C=O) groups excluding carboxylic acids is 1. The third-order valence-electron chi connectivity index (χ3n) is 3.47. The summed E-state index contributed by atoms with van der Waals surface area (Å²) < 4.78 is 32.0. The molecule has 0 bridgehead atoms. The van der Waals surface area contributed by atoms with Gasteiger partial charge in [-0.05, 0) is 54.4 Å². The number of carbonyl (C=O) groups is 1. The molecule has 0 radical (unpaired) electrons. The van der Waals surface area contributed by atoms with Gasteiger partial charge in [0.1, 0.15) is 5.75 Å². The minimum Gasteiger partial charge on any atom is -0.433 e. The van der Waals surface area contributed by atoms with Crippen LogP contribution in [0.4, 0.5) is 14.5 Å². The van der Waals surface area contributed by atoms with Gasteiger partial charge in [-0.1, -0.05) is 6.07 Å². The van der Waals surface area contributed by atoms with Gasteiger partial charge in [-0.3, -0.25) is 9.48 Å². The molecule has 0 atom stereocenters. The van der Waals surface area contributed by atoms with Crippen LogP contribution in [0.2, 0.25) is 0 Å². The quantitative estimate of drug-likeness (QED) is 0.788. The Kier molecular flexibility index (Phi) is 5.93. The highest BCUT2D eigenvalue weighted by Crippen LogP contribution is 2.27. The van der Waals surface area contributed by atoms with E-state index in [9.17, 15) is 13.6 Å². The van der Waals surface area contributed by atoms with Gasteiger partial charge in [0.2, 0.25) is 5.91 Å². The van der Waals surface area contributed by atoms with Crippen LogP contribution in [0.3, 0.4) is 0 Å². The van der Waals surface area contributed by atoms with Gasteiger partial charge in [-0.2, -0.15) is 13.9 Å². The molecule has 0 aliphatic carbocycles. The van der Waals surface area contributed by atoms with Gasteiger partial charge in [0.15, 0.2) is 0 Å². The second kappa shape index (κ2) is 7.74. The van der Waals surface area contributed by atoms with E-state index in [0.717, 1.165) is 21.4 Å². The van der Waals surface area contributed by atoms with Crippen molar-refractivity contribution in [2.45, 2.75) is 40.3 Å². The molecule has 0 unspecified atom stereocenters. The van der Waals surface area contributed by atoms with E-state index in [4.69, 9.17) is 0 Å². The van der Waals surface area contributed by atoms with Crippen molar-refractivity contribution >= 4 is 27.5 Å². The van der Waals surface area contributed by atoms with Crippen molar-refractivity contribution in [3.05, 3.63) is 39.6 Å². The normalized spacial score (nSPS) is 11.0. The van der Waals surface area contributed by atoms with Gasteiger partial charge in [0, 0.05) is 12.1 Å². The zero-order chi connectivity index (χ0) is 17.9. The second-order valence-electron chi connectivity index (χ2n) is 5.38. The van der Waals surface area contributed by atoms with Crippen molar-refractivity contribution in [2.24, 2.45) is 0 Å². The number of hydrogen-bond acceptors (Lipinski definition) is 3. The molecule has 1 amide bonds. The Balaban J connectivity index is 2.03. The Morgan fingerprint density at radius 2 is 2.08 bits per heavy atom. The maximum atomic E-state index is 12.5. The number of ether oxygens (including phenoxy) is 1. The number of aryl methyl sites for hydroxylation is 3. The summed E-state index contributed by atoms with van der Waals surface area (Å²) in [5, 5.41) is 6.93. The van der Waals surface area contributed by atoms with Crippen LogP contribution in [0.1, 0.15) is 23.4 Å². The Hall–Kier alpha value is -1.96. The summed E-state index contributed by atoms with van der Waals surface area (Å²) in [7, 11) is 0. The smallest absolute Gasteiger partial charge is 0.387 e. The monoisotopic (exact) mass is 401 g/mol. The van der Waals surface area contributed by atoms with Crippen molar-refractivity contribution in [2.75, 3.05) is 5.32 Å². The minimum atomic E-state index is -2.95. The van der Waals surface area contributed by atoms with Crippen LogP contribution in [0.25, 0.3) is 0 Å². The predicted molar refractivity (Wildman–Crippen MR) is 90.5 cm³/mol. The number of amides is 1. The standard InChI is InChI=1S/C16H18BrF2N3O2/c1-9-4-5-12(13(8-9)24-16(18)19)20-14(23)6-7-22-11(3)15(17)10(2)21-22/h4-5,8,16H,6-7H2,1-3H3,(H,20,23). The zero-order valence-electron chi connectivity index (χ0n) is 13.6. The van der Waals surface area contributed by atoms with Crippen LogP contribution in [-0.2, 0) is 11.3 Å². The lowest BCUT2D eigenvalue weighted by atomic mass is 10.2. The van der Waals surface area contributed by atoms with E-state index in [1.54, 1.807) is 23.7 Å². The van der Waals surface area contributed by atoms with Crippen LogP contribution in [0.5, 0.6) is 5.75 Å². The molecule has 8 heteroatoms. The van der Waals surface area contributed by atoms with E-state index in [2.05, 4.69) is 31.1 Å². The number of benzene rings is 1. The second-order valence-corrected chi connectivity index (χ2v) is 6.18. The fraction of sp³-hybridized carbons (Fsp3) is 0.375. The lowest BCUT2D eigenvalue weighted by Gasteiger charge is -2.13. The number of halogens is 3. The summed E-state index contributed by atoms with van der Waals surface area (Å²) in [6.45, 7) is 2.96. The zero-order valence-corrected chi connectivity index (χ0v) is 15.2. The number of alkyl halides is 2. The van der Waals surface area contributed by atoms with Gasteiger partial charge in [0.25, 0.3) is 0 Å². The molecule has 1 N–H and O–H groups in total. The first kappa shape index (κ1) is 18.4. The average molecular weight is 402 g/mol. The predicted octanol–water partition coefficient (Wildman–Crippen LogP) is 4.20. The summed E-state index contributed by atoms with van der Waals surface area (Å²) in [5.41, 5.74) is 2.76. The molecule has 0 fully saturated rings. The van der Waals surface area contributed by atoms with Crippen LogP contribution >= 0.6 is 15.9 Å². The summed E-state index contributed by atoms with van der Waals surface area (Å²) in [4.78, 5) is 12.1. The molecule has 24 heavy (non-hydrogen) atoms. The largest absolute Gasteiger partial charge is 0.433 e. The Labute approximate surface area is 147 Å². The fourth-order valence-corrected chi connectivity index (χ4v) is 2.52. The van der Waals surface area contributed by atoms with Gasteiger partial charge in [-0.25, -0.2) is 0 Å². The highest BCUT2D eigenvalue weighted by atomic mass is 79.9. The maximum absolute atomic E-state index is 12.5. The lowest BCUT2D eigenvalue weighted by Crippen LogP contribution is -2.17. The van der Waals surface area contributed by atoms with E-state index in [1.165, 1.54) is 6.07 Å². The van der Waals surface area contributed by atoms with E-state index >= 15 is 0 Å².